The smallest absolute Gasteiger partial charge is 0.194 e. The van der Waals surface area contributed by atoms with Gasteiger partial charge in [-0.1, -0.05) is 34.5 Å². The van der Waals surface area contributed by atoms with Gasteiger partial charge in [-0.15, -0.1) is 0 Å². The van der Waals surface area contributed by atoms with E-state index in [0.717, 1.165) is 63.9 Å². The first-order chi connectivity index (χ1) is 13.1. The van der Waals surface area contributed by atoms with Crippen molar-refractivity contribution in [2.24, 2.45) is 4.99 Å². The molecule has 0 bridgehead atoms. The van der Waals surface area contributed by atoms with E-state index in [2.05, 4.69) is 59.2 Å². The predicted octanol–water partition coefficient (Wildman–Crippen LogP) is 2.62. The third-order valence-corrected chi connectivity index (χ3v) is 4.83. The number of rotatable bonds is 6. The summed E-state index contributed by atoms with van der Waals surface area (Å²) >= 11 is 0. The van der Waals surface area contributed by atoms with Gasteiger partial charge in [-0.3, -0.25) is 9.89 Å². The number of hydrogen-bond donors (Lipinski definition) is 1. The second kappa shape index (κ2) is 9.55. The van der Waals surface area contributed by atoms with Gasteiger partial charge in [0.1, 0.15) is 6.26 Å². The Labute approximate surface area is 162 Å². The zero-order chi connectivity index (χ0) is 19.1. The highest BCUT2D eigenvalue weighted by Gasteiger charge is 2.20. The number of piperazine rings is 1. The second-order valence-electron chi connectivity index (χ2n) is 7.24. The van der Waals surface area contributed by atoms with Crippen LogP contribution >= 0.6 is 0 Å². The van der Waals surface area contributed by atoms with Gasteiger partial charge < -0.3 is 14.7 Å². The monoisotopic (exact) mass is 369 g/mol. The maximum Gasteiger partial charge on any atom is 0.194 e. The standard InChI is InChI=1S/C21H31N5O/c1-4-22-21(23-7-5-19-14-17(2)13-18(3)15-19)26-10-8-25(9-11-26)16-20-6-12-27-24-20/h6,12-15H,4-5,7-11,16H2,1-3H3,(H,22,23). The van der Waals surface area contributed by atoms with E-state index in [0.29, 0.717) is 0 Å². The van der Waals surface area contributed by atoms with Gasteiger partial charge >= 0.3 is 0 Å². The van der Waals surface area contributed by atoms with E-state index >= 15 is 0 Å². The van der Waals surface area contributed by atoms with Crippen LogP contribution in [0.1, 0.15) is 29.3 Å². The van der Waals surface area contributed by atoms with Crippen LogP contribution in [-0.4, -0.2) is 60.2 Å². The summed E-state index contributed by atoms with van der Waals surface area (Å²) in [6.07, 6.45) is 2.61. The van der Waals surface area contributed by atoms with Crippen molar-refractivity contribution in [3.05, 3.63) is 52.9 Å². The van der Waals surface area contributed by atoms with E-state index in [1.807, 2.05) is 6.07 Å². The number of guanidine groups is 1. The molecule has 6 nitrogen and oxygen atoms in total. The molecule has 1 aromatic heterocycles. The molecular formula is C21H31N5O. The van der Waals surface area contributed by atoms with E-state index in [1.165, 1.54) is 16.7 Å². The van der Waals surface area contributed by atoms with Crippen molar-refractivity contribution in [2.75, 3.05) is 39.3 Å². The van der Waals surface area contributed by atoms with Gasteiger partial charge in [0.2, 0.25) is 0 Å². The molecule has 2 aromatic rings. The predicted molar refractivity (Wildman–Crippen MR) is 109 cm³/mol. The first kappa shape index (κ1) is 19.4. The molecule has 0 atom stereocenters. The SMILES string of the molecule is CCNC(=NCCc1cc(C)cc(C)c1)N1CCN(Cc2ccon2)CC1. The number of aliphatic imine (C=N–C) groups is 1. The van der Waals surface area contributed by atoms with Gasteiger partial charge in [-0.25, -0.2) is 0 Å². The van der Waals surface area contributed by atoms with Crippen LogP contribution in [0.3, 0.4) is 0 Å². The Kier molecular flexibility index (Phi) is 6.87. The highest BCUT2D eigenvalue weighted by molar-refractivity contribution is 5.80. The van der Waals surface area contributed by atoms with Crippen LogP contribution in [-0.2, 0) is 13.0 Å². The fraction of sp³-hybridized carbons (Fsp3) is 0.524. The first-order valence-corrected chi connectivity index (χ1v) is 9.86. The van der Waals surface area contributed by atoms with Crippen LogP contribution in [0, 0.1) is 13.8 Å². The lowest BCUT2D eigenvalue weighted by molar-refractivity contribution is 0.169. The van der Waals surface area contributed by atoms with Crippen molar-refractivity contribution < 1.29 is 4.52 Å². The van der Waals surface area contributed by atoms with Gasteiger partial charge in [0.05, 0.1) is 5.69 Å². The maximum atomic E-state index is 4.93. The van der Waals surface area contributed by atoms with Crippen molar-refractivity contribution in [1.29, 1.82) is 0 Å². The molecule has 1 aromatic carbocycles. The van der Waals surface area contributed by atoms with Crippen LogP contribution < -0.4 is 5.32 Å². The topological polar surface area (TPSA) is 56.9 Å². The average Bonchev–Trinajstić information content (AvgIpc) is 3.14. The lowest BCUT2D eigenvalue weighted by Crippen LogP contribution is -2.52. The van der Waals surface area contributed by atoms with E-state index in [4.69, 9.17) is 9.52 Å². The molecule has 0 saturated carbocycles. The molecule has 1 saturated heterocycles. The zero-order valence-corrected chi connectivity index (χ0v) is 16.7. The molecule has 0 amide bonds. The second-order valence-corrected chi connectivity index (χ2v) is 7.24. The van der Waals surface area contributed by atoms with Gasteiger partial charge in [-0.2, -0.15) is 0 Å². The summed E-state index contributed by atoms with van der Waals surface area (Å²) in [4.78, 5) is 9.65. The Morgan fingerprint density at radius 2 is 1.89 bits per heavy atom. The van der Waals surface area contributed by atoms with Gasteiger partial charge in [0, 0.05) is 51.9 Å². The molecule has 0 aliphatic carbocycles. The highest BCUT2D eigenvalue weighted by atomic mass is 16.5. The molecule has 2 heterocycles. The molecule has 1 aliphatic rings. The highest BCUT2D eigenvalue weighted by Crippen LogP contribution is 2.10. The lowest BCUT2D eigenvalue weighted by Gasteiger charge is -2.36. The zero-order valence-electron chi connectivity index (χ0n) is 16.7. The van der Waals surface area contributed by atoms with Gasteiger partial charge in [0.25, 0.3) is 0 Å². The van der Waals surface area contributed by atoms with Gasteiger partial charge in [-0.05, 0) is 32.8 Å². The number of aromatic nitrogens is 1. The molecular weight excluding hydrogens is 338 g/mol. The molecule has 146 valence electrons. The summed E-state index contributed by atoms with van der Waals surface area (Å²) in [5, 5.41) is 7.46. The third-order valence-electron chi connectivity index (χ3n) is 4.83. The minimum Gasteiger partial charge on any atom is -0.364 e. The average molecular weight is 370 g/mol. The van der Waals surface area contributed by atoms with Crippen LogP contribution in [0.25, 0.3) is 0 Å². The van der Waals surface area contributed by atoms with Crippen molar-refractivity contribution in [3.63, 3.8) is 0 Å². The summed E-state index contributed by atoms with van der Waals surface area (Å²) in [6.45, 7) is 13.0. The minimum atomic E-state index is 0.810. The van der Waals surface area contributed by atoms with Crippen molar-refractivity contribution in [3.8, 4) is 0 Å². The molecule has 3 rings (SSSR count). The van der Waals surface area contributed by atoms with E-state index in [1.54, 1.807) is 6.26 Å². The van der Waals surface area contributed by atoms with Crippen LogP contribution in [0.4, 0.5) is 0 Å². The van der Waals surface area contributed by atoms with Crippen molar-refractivity contribution >= 4 is 5.96 Å². The Hall–Kier alpha value is -2.34. The van der Waals surface area contributed by atoms with Crippen molar-refractivity contribution in [1.82, 2.24) is 20.3 Å². The molecule has 6 heteroatoms. The quantitative estimate of drug-likeness (QED) is 0.627. The number of nitrogens with zero attached hydrogens (tertiary/aromatic N) is 4. The summed E-state index contributed by atoms with van der Waals surface area (Å²) < 4.78 is 4.93. The molecule has 0 unspecified atom stereocenters. The number of aryl methyl sites for hydroxylation is 2. The van der Waals surface area contributed by atoms with E-state index in [-0.39, 0.29) is 0 Å². The Bertz CT molecular complexity index is 713. The van der Waals surface area contributed by atoms with Crippen LogP contribution in [0.15, 0.2) is 40.0 Å². The maximum absolute atomic E-state index is 4.93. The normalized spacial score (nSPS) is 16.0. The summed E-state index contributed by atoms with van der Waals surface area (Å²) in [5.74, 6) is 1.03. The number of benzene rings is 1. The lowest BCUT2D eigenvalue weighted by atomic mass is 10.1. The molecule has 0 spiro atoms. The fourth-order valence-electron chi connectivity index (χ4n) is 3.60. The third kappa shape index (κ3) is 5.82. The molecule has 0 radical (unpaired) electrons. The molecule has 1 aliphatic heterocycles. The van der Waals surface area contributed by atoms with E-state index < -0.39 is 0 Å². The summed E-state index contributed by atoms with van der Waals surface area (Å²) in [6, 6.07) is 8.68. The molecule has 27 heavy (non-hydrogen) atoms. The molecule has 1 fully saturated rings. The van der Waals surface area contributed by atoms with Crippen molar-refractivity contribution in [2.45, 2.75) is 33.7 Å². The Morgan fingerprint density at radius 3 is 2.52 bits per heavy atom. The number of hydrogen-bond acceptors (Lipinski definition) is 4. The minimum absolute atomic E-state index is 0.810. The molecule has 1 N–H and O–H groups in total. The van der Waals surface area contributed by atoms with Crippen LogP contribution in [0.5, 0.6) is 0 Å². The summed E-state index contributed by atoms with van der Waals surface area (Å²) in [7, 11) is 0. The summed E-state index contributed by atoms with van der Waals surface area (Å²) in [5.41, 5.74) is 5.01. The number of nitrogens with one attached hydrogen (secondary N) is 1. The Morgan fingerprint density at radius 1 is 1.15 bits per heavy atom. The van der Waals surface area contributed by atoms with Gasteiger partial charge in [0.15, 0.2) is 5.96 Å². The van der Waals surface area contributed by atoms with Crippen LogP contribution in [0.2, 0.25) is 0 Å². The fourth-order valence-corrected chi connectivity index (χ4v) is 3.60. The Balaban J connectivity index is 1.52. The largest absolute Gasteiger partial charge is 0.364 e. The first-order valence-electron chi connectivity index (χ1n) is 9.86. The van der Waals surface area contributed by atoms with E-state index in [9.17, 15) is 0 Å².